The first-order chi connectivity index (χ1) is 8.63. The molecule has 0 saturated carbocycles. The van der Waals surface area contributed by atoms with Crippen molar-refractivity contribution >= 4 is 5.96 Å². The number of hydrogen-bond donors (Lipinski definition) is 2. The zero-order chi connectivity index (χ0) is 13.4. The third-order valence-corrected chi connectivity index (χ3v) is 2.95. The van der Waals surface area contributed by atoms with Crippen LogP contribution in [0.3, 0.4) is 0 Å². The third-order valence-electron chi connectivity index (χ3n) is 2.95. The Balaban J connectivity index is 2.47. The highest BCUT2D eigenvalue weighted by molar-refractivity contribution is 5.77. The van der Waals surface area contributed by atoms with Gasteiger partial charge in [0, 0.05) is 6.54 Å². The Morgan fingerprint density at radius 1 is 1.28 bits per heavy atom. The molecule has 0 aliphatic carbocycles. The molecule has 1 rings (SSSR count). The van der Waals surface area contributed by atoms with Crippen LogP contribution in [0.5, 0.6) is 0 Å². The number of hydrogen-bond acceptors (Lipinski definition) is 1. The van der Waals surface area contributed by atoms with Crippen LogP contribution in [0.2, 0.25) is 0 Å². The van der Waals surface area contributed by atoms with Crippen LogP contribution in [0.4, 0.5) is 0 Å². The molecule has 0 amide bonds. The molecule has 1 aromatic carbocycles. The van der Waals surface area contributed by atoms with Gasteiger partial charge < -0.3 is 11.1 Å². The van der Waals surface area contributed by atoms with E-state index in [0.29, 0.717) is 18.4 Å². The first kappa shape index (κ1) is 14.6. The zero-order valence-electron chi connectivity index (χ0n) is 11.7. The Kier molecular flexibility index (Phi) is 6.26. The van der Waals surface area contributed by atoms with E-state index in [-0.39, 0.29) is 0 Å². The van der Waals surface area contributed by atoms with E-state index in [9.17, 15) is 0 Å². The van der Waals surface area contributed by atoms with Crippen LogP contribution < -0.4 is 11.1 Å². The van der Waals surface area contributed by atoms with Crippen molar-refractivity contribution in [1.29, 1.82) is 0 Å². The van der Waals surface area contributed by atoms with Crippen molar-refractivity contribution in [2.75, 3.05) is 6.54 Å². The molecule has 0 aliphatic heterocycles. The van der Waals surface area contributed by atoms with Crippen LogP contribution >= 0.6 is 0 Å². The Bertz CT molecular complexity index is 383. The Hall–Kier alpha value is -1.51. The van der Waals surface area contributed by atoms with Gasteiger partial charge in [-0.05, 0) is 29.9 Å². The number of nitrogens with one attached hydrogen (secondary N) is 1. The minimum Gasteiger partial charge on any atom is -0.370 e. The maximum Gasteiger partial charge on any atom is 0.188 e. The molecule has 0 fully saturated rings. The fourth-order valence-corrected chi connectivity index (χ4v) is 1.77. The minimum atomic E-state index is 0.543. The SMILES string of the molecule is CCc1ccccc1CN=C(N)NCCC(C)C. The molecule has 100 valence electrons. The standard InChI is InChI=1S/C15H25N3/c1-4-13-7-5-6-8-14(13)11-18-15(16)17-10-9-12(2)3/h5-8,12H,4,9-11H2,1-3H3,(H3,16,17,18). The highest BCUT2D eigenvalue weighted by atomic mass is 15.1. The van der Waals surface area contributed by atoms with Gasteiger partial charge in [-0.1, -0.05) is 45.0 Å². The van der Waals surface area contributed by atoms with Crippen molar-refractivity contribution in [2.45, 2.75) is 40.2 Å². The molecule has 1 aromatic rings. The van der Waals surface area contributed by atoms with Crippen LogP contribution in [0.25, 0.3) is 0 Å². The van der Waals surface area contributed by atoms with Crippen LogP contribution in [0.1, 0.15) is 38.3 Å². The molecule has 3 nitrogen and oxygen atoms in total. The first-order valence-electron chi connectivity index (χ1n) is 6.74. The highest BCUT2D eigenvalue weighted by Gasteiger charge is 1.99. The van der Waals surface area contributed by atoms with Crippen molar-refractivity contribution in [1.82, 2.24) is 5.32 Å². The van der Waals surface area contributed by atoms with Crippen LogP contribution in [0, 0.1) is 5.92 Å². The second-order valence-corrected chi connectivity index (χ2v) is 4.93. The quantitative estimate of drug-likeness (QED) is 0.600. The molecule has 0 radical (unpaired) electrons. The largest absolute Gasteiger partial charge is 0.370 e. The number of rotatable bonds is 6. The summed E-state index contributed by atoms with van der Waals surface area (Å²) in [5, 5.41) is 3.15. The second-order valence-electron chi connectivity index (χ2n) is 4.93. The summed E-state index contributed by atoms with van der Waals surface area (Å²) in [5.41, 5.74) is 8.44. The van der Waals surface area contributed by atoms with Gasteiger partial charge in [0.15, 0.2) is 5.96 Å². The summed E-state index contributed by atoms with van der Waals surface area (Å²) in [4.78, 5) is 4.38. The van der Waals surface area contributed by atoms with E-state index in [1.807, 2.05) is 6.07 Å². The average molecular weight is 247 g/mol. The number of nitrogens with zero attached hydrogens (tertiary/aromatic N) is 1. The fourth-order valence-electron chi connectivity index (χ4n) is 1.77. The first-order valence-corrected chi connectivity index (χ1v) is 6.74. The van der Waals surface area contributed by atoms with E-state index in [2.05, 4.69) is 49.3 Å². The van der Waals surface area contributed by atoms with Gasteiger partial charge in [0.2, 0.25) is 0 Å². The summed E-state index contributed by atoms with van der Waals surface area (Å²) in [6.45, 7) is 8.11. The van der Waals surface area contributed by atoms with E-state index in [1.165, 1.54) is 11.1 Å². The summed E-state index contributed by atoms with van der Waals surface area (Å²) in [6, 6.07) is 8.37. The average Bonchev–Trinajstić information content (AvgIpc) is 2.36. The van der Waals surface area contributed by atoms with Crippen molar-refractivity contribution in [3.05, 3.63) is 35.4 Å². The van der Waals surface area contributed by atoms with E-state index in [4.69, 9.17) is 5.73 Å². The Labute approximate surface area is 111 Å². The maximum absolute atomic E-state index is 5.84. The summed E-state index contributed by atoms with van der Waals surface area (Å²) >= 11 is 0. The van der Waals surface area contributed by atoms with Crippen molar-refractivity contribution in [3.8, 4) is 0 Å². The lowest BCUT2D eigenvalue weighted by atomic mass is 10.1. The third kappa shape index (κ3) is 5.21. The normalized spacial score (nSPS) is 11.9. The summed E-state index contributed by atoms with van der Waals surface area (Å²) in [5.74, 6) is 1.23. The maximum atomic E-state index is 5.84. The molecule has 0 spiro atoms. The molecular weight excluding hydrogens is 222 g/mol. The zero-order valence-corrected chi connectivity index (χ0v) is 11.7. The van der Waals surface area contributed by atoms with Gasteiger partial charge in [-0.25, -0.2) is 4.99 Å². The molecule has 18 heavy (non-hydrogen) atoms. The second kappa shape index (κ2) is 7.75. The van der Waals surface area contributed by atoms with Gasteiger partial charge in [0.25, 0.3) is 0 Å². The van der Waals surface area contributed by atoms with Crippen LogP contribution in [-0.2, 0) is 13.0 Å². The van der Waals surface area contributed by atoms with Crippen molar-refractivity contribution < 1.29 is 0 Å². The number of nitrogens with two attached hydrogens (primary N) is 1. The summed E-state index contributed by atoms with van der Waals surface area (Å²) in [6.07, 6.45) is 2.15. The van der Waals surface area contributed by atoms with Gasteiger partial charge in [0.1, 0.15) is 0 Å². The fraction of sp³-hybridized carbons (Fsp3) is 0.533. The predicted octanol–water partition coefficient (Wildman–Crippen LogP) is 2.70. The Morgan fingerprint density at radius 2 is 1.94 bits per heavy atom. The molecule has 0 saturated heterocycles. The highest BCUT2D eigenvalue weighted by Crippen LogP contribution is 2.10. The molecule has 0 bridgehead atoms. The molecule has 3 heteroatoms. The molecular formula is C15H25N3. The molecule has 0 atom stereocenters. The van der Waals surface area contributed by atoms with Crippen LogP contribution in [-0.4, -0.2) is 12.5 Å². The number of benzene rings is 1. The number of aliphatic imine (C=N–C) groups is 1. The van der Waals surface area contributed by atoms with Gasteiger partial charge in [-0.2, -0.15) is 0 Å². The van der Waals surface area contributed by atoms with E-state index < -0.39 is 0 Å². The molecule has 0 heterocycles. The number of guanidine groups is 1. The van der Waals surface area contributed by atoms with E-state index in [1.54, 1.807) is 0 Å². The number of aryl methyl sites for hydroxylation is 1. The minimum absolute atomic E-state index is 0.543. The Morgan fingerprint density at radius 3 is 2.56 bits per heavy atom. The summed E-state index contributed by atoms with van der Waals surface area (Å²) < 4.78 is 0. The smallest absolute Gasteiger partial charge is 0.188 e. The van der Waals surface area contributed by atoms with E-state index >= 15 is 0 Å². The lowest BCUT2D eigenvalue weighted by Gasteiger charge is -2.08. The van der Waals surface area contributed by atoms with Crippen molar-refractivity contribution in [3.63, 3.8) is 0 Å². The van der Waals surface area contributed by atoms with Gasteiger partial charge in [0.05, 0.1) is 6.54 Å². The van der Waals surface area contributed by atoms with Gasteiger partial charge >= 0.3 is 0 Å². The molecule has 0 aromatic heterocycles. The van der Waals surface area contributed by atoms with Crippen LogP contribution in [0.15, 0.2) is 29.3 Å². The topological polar surface area (TPSA) is 50.4 Å². The molecule has 0 unspecified atom stereocenters. The monoisotopic (exact) mass is 247 g/mol. The summed E-state index contributed by atoms with van der Waals surface area (Å²) in [7, 11) is 0. The molecule has 3 N–H and O–H groups in total. The lowest BCUT2D eigenvalue weighted by Crippen LogP contribution is -2.32. The van der Waals surface area contributed by atoms with Crippen molar-refractivity contribution in [2.24, 2.45) is 16.6 Å². The molecule has 0 aliphatic rings. The predicted molar refractivity (Wildman–Crippen MR) is 78.6 cm³/mol. The van der Waals surface area contributed by atoms with Gasteiger partial charge in [-0.3, -0.25) is 0 Å². The van der Waals surface area contributed by atoms with E-state index in [0.717, 1.165) is 19.4 Å². The van der Waals surface area contributed by atoms with Gasteiger partial charge in [-0.15, -0.1) is 0 Å². The lowest BCUT2D eigenvalue weighted by molar-refractivity contribution is 0.576.